The average molecular weight is 355 g/mol. The first-order valence-corrected chi connectivity index (χ1v) is 8.56. The summed E-state index contributed by atoms with van der Waals surface area (Å²) < 4.78 is 5.66. The van der Waals surface area contributed by atoms with E-state index in [4.69, 9.17) is 4.74 Å². The lowest BCUT2D eigenvalue weighted by molar-refractivity contribution is -0.120. The van der Waals surface area contributed by atoms with Crippen molar-refractivity contribution in [3.05, 3.63) is 59.7 Å². The Kier molecular flexibility index (Phi) is 7.76. The fraction of sp³-hybridized carbons (Fsp3) is 0.350. The summed E-state index contributed by atoms with van der Waals surface area (Å²) in [6.07, 6.45) is 7.54. The highest BCUT2D eigenvalue weighted by Crippen LogP contribution is 2.21. The number of aliphatic hydroxyl groups is 1. The van der Waals surface area contributed by atoms with Crippen molar-refractivity contribution in [2.75, 3.05) is 6.61 Å². The Morgan fingerprint density at radius 2 is 2.15 bits per heavy atom. The number of hydrogen-bond donors (Lipinski definition) is 2. The van der Waals surface area contributed by atoms with Crippen molar-refractivity contribution in [1.29, 1.82) is 0 Å². The fourth-order valence-corrected chi connectivity index (χ4v) is 2.47. The molecule has 1 heterocycles. The molecule has 0 saturated heterocycles. The smallest absolute Gasteiger partial charge is 0.229 e. The third-order valence-electron chi connectivity index (χ3n) is 3.95. The first-order valence-electron chi connectivity index (χ1n) is 8.56. The van der Waals surface area contributed by atoms with Crippen LogP contribution in [0.1, 0.15) is 43.5 Å². The van der Waals surface area contributed by atoms with Gasteiger partial charge in [-0.3, -0.25) is 9.59 Å². The molecule has 0 saturated carbocycles. The molecule has 1 unspecified atom stereocenters. The summed E-state index contributed by atoms with van der Waals surface area (Å²) in [6.45, 7) is 2.25. The van der Waals surface area contributed by atoms with Gasteiger partial charge in [-0.1, -0.05) is 18.2 Å². The number of nitrogens with zero attached hydrogens (tertiary/aromatic N) is 1. The van der Waals surface area contributed by atoms with Gasteiger partial charge in [0.05, 0.1) is 24.7 Å². The largest absolute Gasteiger partial charge is 0.494 e. The van der Waals surface area contributed by atoms with E-state index < -0.39 is 6.10 Å². The van der Waals surface area contributed by atoms with E-state index in [0.29, 0.717) is 23.5 Å². The Balaban J connectivity index is 1.76. The van der Waals surface area contributed by atoms with Crippen LogP contribution in [-0.4, -0.2) is 33.8 Å². The van der Waals surface area contributed by atoms with Crippen LogP contribution in [0.4, 0.5) is 0 Å². The number of aryl methyl sites for hydroxylation is 1. The highest BCUT2D eigenvalue weighted by Gasteiger charge is 2.14. The topological polar surface area (TPSA) is 92.3 Å². The van der Waals surface area contributed by atoms with Gasteiger partial charge in [-0.25, -0.2) is 4.98 Å². The Morgan fingerprint density at radius 3 is 2.77 bits per heavy atom. The molecule has 0 aliphatic heterocycles. The molecule has 137 valence electrons. The van der Waals surface area contributed by atoms with E-state index >= 15 is 0 Å². The van der Waals surface area contributed by atoms with Crippen molar-refractivity contribution in [1.82, 2.24) is 9.97 Å². The number of H-pyrrole nitrogens is 1. The van der Waals surface area contributed by atoms with E-state index in [1.54, 1.807) is 49.9 Å². The number of aromatic amines is 1. The van der Waals surface area contributed by atoms with Crippen molar-refractivity contribution in [2.45, 2.75) is 38.7 Å². The van der Waals surface area contributed by atoms with E-state index in [9.17, 15) is 14.7 Å². The van der Waals surface area contributed by atoms with Crippen molar-refractivity contribution < 1.29 is 19.4 Å². The van der Waals surface area contributed by atoms with Gasteiger partial charge >= 0.3 is 0 Å². The van der Waals surface area contributed by atoms with Crippen LogP contribution in [0.3, 0.4) is 0 Å². The maximum absolute atomic E-state index is 11.9. The van der Waals surface area contributed by atoms with Crippen LogP contribution in [0.25, 0.3) is 0 Å². The first-order chi connectivity index (χ1) is 12.6. The molecule has 1 radical (unpaired) electrons. The molecule has 2 aromatic rings. The third-order valence-corrected chi connectivity index (χ3v) is 3.95. The summed E-state index contributed by atoms with van der Waals surface area (Å²) in [5.74, 6) is 0.508. The minimum absolute atomic E-state index is 0.00570. The van der Waals surface area contributed by atoms with E-state index in [1.165, 1.54) is 0 Å². The number of ether oxygens (including phenoxy) is 1. The number of nitrogens with one attached hydrogen (secondary N) is 1. The van der Waals surface area contributed by atoms with Gasteiger partial charge in [-0.2, -0.15) is 0 Å². The molecular weight excluding hydrogens is 332 g/mol. The molecule has 1 aromatic heterocycles. The monoisotopic (exact) mass is 355 g/mol. The zero-order valence-corrected chi connectivity index (χ0v) is 14.8. The minimum atomic E-state index is -0.902. The second-order valence-corrected chi connectivity index (χ2v) is 5.93. The molecule has 0 aliphatic carbocycles. The molecule has 0 aliphatic rings. The summed E-state index contributed by atoms with van der Waals surface area (Å²) in [4.78, 5) is 29.6. The summed E-state index contributed by atoms with van der Waals surface area (Å²) in [5.41, 5.74) is 1.95. The molecule has 2 rings (SSSR count). The molecule has 0 fully saturated rings. The standard InChI is InChI=1S/C20H23N2O4/c1-2-15(13-23)10-18(24)11-20(25)16-5-7-19(8-6-16)26-9-3-4-17-12-21-14-22-17/h2,5-8,12,14,20,25H,3-4,9-11H2,1H3,(H,21,22). The number of rotatable bonds is 11. The fourth-order valence-electron chi connectivity index (χ4n) is 2.47. The summed E-state index contributed by atoms with van der Waals surface area (Å²) >= 11 is 0. The number of Topliss-reactive ketones (excluding diaryl/α,β-unsaturated/α-hetero) is 1. The van der Waals surface area contributed by atoms with Crippen LogP contribution < -0.4 is 4.74 Å². The van der Waals surface area contributed by atoms with Crippen LogP contribution in [0.5, 0.6) is 5.75 Å². The first kappa shape index (κ1) is 19.6. The van der Waals surface area contributed by atoms with Gasteiger partial charge < -0.3 is 14.8 Å². The number of benzene rings is 1. The highest BCUT2D eigenvalue weighted by molar-refractivity contribution is 5.89. The zero-order chi connectivity index (χ0) is 18.8. The van der Waals surface area contributed by atoms with Gasteiger partial charge in [0.25, 0.3) is 0 Å². The lowest BCUT2D eigenvalue weighted by atomic mass is 10.0. The molecule has 0 amide bonds. The zero-order valence-electron chi connectivity index (χ0n) is 14.8. The SMILES string of the molecule is CC=C([C]=O)CC(=O)CC(O)c1ccc(OCCCc2c[nH]cn2)cc1. The Bertz CT molecular complexity index is 721. The molecule has 26 heavy (non-hydrogen) atoms. The van der Waals surface area contributed by atoms with Crippen LogP contribution in [0, 0.1) is 0 Å². The predicted octanol–water partition coefficient (Wildman–Crippen LogP) is 2.86. The van der Waals surface area contributed by atoms with E-state index in [-0.39, 0.29) is 18.6 Å². The summed E-state index contributed by atoms with van der Waals surface area (Å²) in [7, 11) is 0. The van der Waals surface area contributed by atoms with E-state index in [2.05, 4.69) is 9.97 Å². The van der Waals surface area contributed by atoms with Gasteiger partial charge in [0.2, 0.25) is 6.29 Å². The van der Waals surface area contributed by atoms with Crippen molar-refractivity contribution in [2.24, 2.45) is 0 Å². The molecule has 6 heteroatoms. The number of hydrogen-bond acceptors (Lipinski definition) is 5. The predicted molar refractivity (Wildman–Crippen MR) is 97.5 cm³/mol. The molecule has 1 aromatic carbocycles. The molecule has 1 atom stereocenters. The van der Waals surface area contributed by atoms with Crippen LogP contribution in [-0.2, 0) is 16.0 Å². The molecule has 6 nitrogen and oxygen atoms in total. The van der Waals surface area contributed by atoms with Crippen molar-refractivity contribution >= 4 is 12.1 Å². The lowest BCUT2D eigenvalue weighted by Gasteiger charge is -2.11. The second kappa shape index (κ2) is 10.3. The summed E-state index contributed by atoms with van der Waals surface area (Å²) in [5, 5.41) is 10.2. The van der Waals surface area contributed by atoms with Crippen molar-refractivity contribution in [3.8, 4) is 5.75 Å². The molecular formula is C20H23N2O4. The molecule has 0 bridgehead atoms. The van der Waals surface area contributed by atoms with Crippen LogP contribution in [0.15, 0.2) is 48.4 Å². The van der Waals surface area contributed by atoms with Crippen molar-refractivity contribution in [3.63, 3.8) is 0 Å². The van der Waals surface area contributed by atoms with Gasteiger partial charge in [0.15, 0.2) is 0 Å². The number of allylic oxidation sites excluding steroid dienone is 2. The maximum atomic E-state index is 11.9. The Morgan fingerprint density at radius 1 is 1.38 bits per heavy atom. The van der Waals surface area contributed by atoms with Crippen LogP contribution >= 0.6 is 0 Å². The Hall–Kier alpha value is -2.73. The number of imidazole rings is 1. The van der Waals surface area contributed by atoms with Gasteiger partial charge in [0.1, 0.15) is 11.5 Å². The Labute approximate surface area is 152 Å². The number of aliphatic hydroxyl groups excluding tert-OH is 1. The van der Waals surface area contributed by atoms with Gasteiger partial charge in [-0.15, -0.1) is 0 Å². The van der Waals surface area contributed by atoms with Gasteiger partial charge in [0, 0.05) is 24.6 Å². The molecule has 2 N–H and O–H groups in total. The number of carbonyl (C=O) groups is 1. The number of ketones is 1. The second-order valence-electron chi connectivity index (χ2n) is 5.93. The third kappa shape index (κ3) is 6.29. The highest BCUT2D eigenvalue weighted by atomic mass is 16.5. The van der Waals surface area contributed by atoms with Gasteiger partial charge in [-0.05, 0) is 37.5 Å². The molecule has 0 spiro atoms. The number of carbonyl (C=O) groups excluding carboxylic acids is 2. The number of aromatic nitrogens is 2. The van der Waals surface area contributed by atoms with Crippen LogP contribution in [0.2, 0.25) is 0 Å². The summed E-state index contributed by atoms with van der Waals surface area (Å²) in [6, 6.07) is 7.02. The normalized spacial score (nSPS) is 12.6. The van der Waals surface area contributed by atoms with E-state index in [0.717, 1.165) is 18.5 Å². The lowest BCUT2D eigenvalue weighted by Crippen LogP contribution is -2.08. The quantitative estimate of drug-likeness (QED) is 0.478. The maximum Gasteiger partial charge on any atom is 0.229 e. The average Bonchev–Trinajstić information content (AvgIpc) is 3.17. The van der Waals surface area contributed by atoms with E-state index in [1.807, 2.05) is 6.20 Å². The minimum Gasteiger partial charge on any atom is -0.494 e.